The van der Waals surface area contributed by atoms with Gasteiger partial charge >= 0.3 is 0 Å². The second-order valence-electron chi connectivity index (χ2n) is 8.22. The number of carbonyl (C=O) groups excluding carboxylic acids is 1. The first-order valence-electron chi connectivity index (χ1n) is 9.72. The maximum absolute atomic E-state index is 12.6. The molecule has 1 spiro atoms. The Morgan fingerprint density at radius 1 is 1.36 bits per heavy atom. The van der Waals surface area contributed by atoms with Gasteiger partial charge in [-0.05, 0) is 53.5 Å². The van der Waals surface area contributed by atoms with E-state index in [1.807, 2.05) is 7.11 Å². The van der Waals surface area contributed by atoms with Crippen molar-refractivity contribution in [1.82, 2.24) is 9.80 Å². The Morgan fingerprint density at radius 2 is 2.16 bits per heavy atom. The highest BCUT2D eigenvalue weighted by atomic mass is 32.1. The fourth-order valence-corrected chi connectivity index (χ4v) is 5.65. The molecule has 138 valence electrons. The minimum absolute atomic E-state index is 0.297. The quantitative estimate of drug-likeness (QED) is 0.807. The minimum atomic E-state index is 0.297. The highest BCUT2D eigenvalue weighted by molar-refractivity contribution is 7.07. The van der Waals surface area contributed by atoms with Gasteiger partial charge in [-0.15, -0.1) is 0 Å². The number of hydrogen-bond acceptors (Lipinski definition) is 4. The van der Waals surface area contributed by atoms with E-state index in [9.17, 15) is 4.79 Å². The van der Waals surface area contributed by atoms with E-state index in [1.54, 1.807) is 11.3 Å². The van der Waals surface area contributed by atoms with E-state index in [0.717, 1.165) is 44.1 Å². The molecular weight excluding hydrogens is 332 g/mol. The molecule has 5 heteroatoms. The lowest BCUT2D eigenvalue weighted by Crippen LogP contribution is -2.48. The zero-order valence-corrected chi connectivity index (χ0v) is 16.1. The maximum Gasteiger partial charge on any atom is 0.227 e. The van der Waals surface area contributed by atoms with E-state index < -0.39 is 0 Å². The van der Waals surface area contributed by atoms with Gasteiger partial charge in [0, 0.05) is 45.2 Å². The molecule has 4 nitrogen and oxygen atoms in total. The van der Waals surface area contributed by atoms with E-state index in [2.05, 4.69) is 26.6 Å². The molecule has 4 rings (SSSR count). The fraction of sp³-hybridized carbons (Fsp3) is 0.750. The predicted octanol–water partition coefficient (Wildman–Crippen LogP) is 3.03. The SMILES string of the molecule is COCC1CN(C2CCC2)CC12CCN(C(=O)Cc1ccsc1)CC2. The average Bonchev–Trinajstić information content (AvgIpc) is 3.16. The molecule has 0 radical (unpaired) electrons. The Bertz CT molecular complexity index is 577. The smallest absolute Gasteiger partial charge is 0.227 e. The fourth-order valence-electron chi connectivity index (χ4n) is 4.98. The molecule has 1 unspecified atom stereocenters. The number of thiophene rings is 1. The molecule has 1 aliphatic carbocycles. The Morgan fingerprint density at radius 3 is 2.76 bits per heavy atom. The summed E-state index contributed by atoms with van der Waals surface area (Å²) >= 11 is 1.67. The molecule has 1 amide bonds. The van der Waals surface area contributed by atoms with E-state index >= 15 is 0 Å². The van der Waals surface area contributed by atoms with Gasteiger partial charge < -0.3 is 9.64 Å². The first kappa shape index (κ1) is 17.5. The summed E-state index contributed by atoms with van der Waals surface area (Å²) in [4.78, 5) is 17.4. The summed E-state index contributed by atoms with van der Waals surface area (Å²) in [6.07, 6.45) is 6.99. The Kier molecular flexibility index (Phi) is 5.16. The van der Waals surface area contributed by atoms with Crippen LogP contribution in [0.5, 0.6) is 0 Å². The lowest BCUT2D eigenvalue weighted by Gasteiger charge is -2.43. The first-order chi connectivity index (χ1) is 12.2. The molecule has 1 aromatic rings. The molecule has 2 aliphatic heterocycles. The van der Waals surface area contributed by atoms with Crippen LogP contribution in [-0.4, -0.2) is 61.6 Å². The lowest BCUT2D eigenvalue weighted by atomic mass is 9.71. The van der Waals surface area contributed by atoms with E-state index in [-0.39, 0.29) is 0 Å². The van der Waals surface area contributed by atoms with Crippen LogP contribution in [0.1, 0.15) is 37.7 Å². The molecule has 1 atom stereocenters. The number of amides is 1. The monoisotopic (exact) mass is 362 g/mol. The van der Waals surface area contributed by atoms with Crippen LogP contribution in [0.3, 0.4) is 0 Å². The summed E-state index contributed by atoms with van der Waals surface area (Å²) in [6.45, 7) is 5.12. The normalized spacial score (nSPS) is 26.9. The van der Waals surface area contributed by atoms with Crippen molar-refractivity contribution in [3.63, 3.8) is 0 Å². The number of likely N-dealkylation sites (tertiary alicyclic amines) is 2. The van der Waals surface area contributed by atoms with Crippen molar-refractivity contribution in [3.05, 3.63) is 22.4 Å². The van der Waals surface area contributed by atoms with Crippen LogP contribution in [0, 0.1) is 11.3 Å². The molecule has 3 heterocycles. The number of hydrogen-bond donors (Lipinski definition) is 0. The van der Waals surface area contributed by atoms with Gasteiger partial charge in [0.2, 0.25) is 5.91 Å². The minimum Gasteiger partial charge on any atom is -0.384 e. The molecule has 0 N–H and O–H groups in total. The van der Waals surface area contributed by atoms with Crippen LogP contribution in [0.25, 0.3) is 0 Å². The molecule has 0 bridgehead atoms. The van der Waals surface area contributed by atoms with Crippen molar-refractivity contribution in [2.24, 2.45) is 11.3 Å². The molecule has 1 saturated carbocycles. The summed E-state index contributed by atoms with van der Waals surface area (Å²) in [5.41, 5.74) is 1.52. The van der Waals surface area contributed by atoms with Gasteiger partial charge in [-0.3, -0.25) is 9.69 Å². The van der Waals surface area contributed by atoms with Gasteiger partial charge in [-0.2, -0.15) is 11.3 Å². The van der Waals surface area contributed by atoms with Crippen LogP contribution in [0.15, 0.2) is 16.8 Å². The molecule has 25 heavy (non-hydrogen) atoms. The standard InChI is InChI=1S/C20H30N2O2S/c1-24-13-17-12-22(18-3-2-4-18)15-20(17)6-8-21(9-7-20)19(23)11-16-5-10-25-14-16/h5,10,14,17-18H,2-4,6-9,11-13,15H2,1H3. The van der Waals surface area contributed by atoms with Gasteiger partial charge in [0.1, 0.15) is 0 Å². The van der Waals surface area contributed by atoms with Crippen molar-refractivity contribution < 1.29 is 9.53 Å². The van der Waals surface area contributed by atoms with Crippen LogP contribution < -0.4 is 0 Å². The topological polar surface area (TPSA) is 32.8 Å². The highest BCUT2D eigenvalue weighted by Gasteiger charge is 2.50. The predicted molar refractivity (Wildman–Crippen MR) is 101 cm³/mol. The summed E-state index contributed by atoms with van der Waals surface area (Å²) in [7, 11) is 1.83. The van der Waals surface area contributed by atoms with E-state index in [4.69, 9.17) is 4.74 Å². The lowest BCUT2D eigenvalue weighted by molar-refractivity contribution is -0.133. The zero-order chi connectivity index (χ0) is 17.3. The first-order valence-corrected chi connectivity index (χ1v) is 10.7. The zero-order valence-electron chi connectivity index (χ0n) is 15.3. The molecule has 1 aromatic heterocycles. The molecule has 3 fully saturated rings. The van der Waals surface area contributed by atoms with Crippen molar-refractivity contribution in [1.29, 1.82) is 0 Å². The number of rotatable bonds is 5. The van der Waals surface area contributed by atoms with Crippen molar-refractivity contribution in [2.45, 2.75) is 44.6 Å². The average molecular weight is 363 g/mol. The third-order valence-corrected chi connectivity index (χ3v) is 7.58. The number of carbonyl (C=O) groups is 1. The number of methoxy groups -OCH3 is 1. The second kappa shape index (κ2) is 7.37. The third-order valence-electron chi connectivity index (χ3n) is 6.85. The Balaban J connectivity index is 1.37. The summed E-state index contributed by atoms with van der Waals surface area (Å²) in [5.74, 6) is 0.928. The summed E-state index contributed by atoms with van der Waals surface area (Å²) < 4.78 is 5.57. The van der Waals surface area contributed by atoms with Gasteiger partial charge in [-0.1, -0.05) is 6.42 Å². The number of ether oxygens (including phenoxy) is 1. The van der Waals surface area contributed by atoms with Gasteiger partial charge in [0.25, 0.3) is 0 Å². The van der Waals surface area contributed by atoms with Gasteiger partial charge in [0.15, 0.2) is 0 Å². The second-order valence-corrected chi connectivity index (χ2v) is 9.00. The Hall–Kier alpha value is -0.910. The van der Waals surface area contributed by atoms with Gasteiger partial charge in [0.05, 0.1) is 13.0 Å². The third kappa shape index (κ3) is 3.51. The van der Waals surface area contributed by atoms with Crippen molar-refractivity contribution >= 4 is 17.2 Å². The molecule has 2 saturated heterocycles. The van der Waals surface area contributed by atoms with Crippen molar-refractivity contribution in [3.8, 4) is 0 Å². The molecule has 3 aliphatic rings. The Labute approximate surface area is 155 Å². The van der Waals surface area contributed by atoms with Crippen LogP contribution in [0.4, 0.5) is 0 Å². The summed E-state index contributed by atoms with van der Waals surface area (Å²) in [6, 6.07) is 2.88. The van der Waals surface area contributed by atoms with Crippen molar-refractivity contribution in [2.75, 3.05) is 39.9 Å². The highest BCUT2D eigenvalue weighted by Crippen LogP contribution is 2.47. The summed E-state index contributed by atoms with van der Waals surface area (Å²) in [5, 5.41) is 4.14. The number of piperidine rings is 1. The van der Waals surface area contributed by atoms with Crippen LogP contribution >= 0.6 is 11.3 Å². The maximum atomic E-state index is 12.6. The number of nitrogens with zero attached hydrogens (tertiary/aromatic N) is 2. The van der Waals surface area contributed by atoms with E-state index in [1.165, 1.54) is 32.4 Å². The largest absolute Gasteiger partial charge is 0.384 e. The van der Waals surface area contributed by atoms with Crippen LogP contribution in [0.2, 0.25) is 0 Å². The van der Waals surface area contributed by atoms with Gasteiger partial charge in [-0.25, -0.2) is 0 Å². The molecular formula is C20H30N2O2S. The van der Waals surface area contributed by atoms with Crippen LogP contribution in [-0.2, 0) is 16.0 Å². The van der Waals surface area contributed by atoms with E-state index in [0.29, 0.717) is 23.7 Å². The molecule has 0 aromatic carbocycles.